The molecule has 0 spiro atoms. The number of hydrogen-bond donors (Lipinski definition) is 2. The molecule has 2 saturated heterocycles. The summed E-state index contributed by atoms with van der Waals surface area (Å²) in [4.78, 5) is 27.5. The summed E-state index contributed by atoms with van der Waals surface area (Å²) in [5.74, 6) is -0.531. The summed E-state index contributed by atoms with van der Waals surface area (Å²) < 4.78 is 5.02. The molecule has 2 aliphatic heterocycles. The van der Waals surface area contributed by atoms with Gasteiger partial charge < -0.3 is 20.5 Å². The number of aliphatic hydroxyl groups is 1. The Morgan fingerprint density at radius 1 is 1.41 bits per heavy atom. The number of hydrogen-bond acceptors (Lipinski definition) is 5. The zero-order chi connectivity index (χ0) is 16.2. The molecule has 2 fully saturated rings. The van der Waals surface area contributed by atoms with Crippen molar-refractivity contribution in [2.75, 3.05) is 46.4 Å². The minimum atomic E-state index is -1.31. The zero-order valence-corrected chi connectivity index (χ0v) is 13.3. The summed E-state index contributed by atoms with van der Waals surface area (Å²) in [5, 5.41) is 10.8. The number of carbonyl (C=O) groups is 2. The number of primary amides is 1. The molecule has 1 unspecified atom stereocenters. The molecule has 2 aliphatic rings. The van der Waals surface area contributed by atoms with Gasteiger partial charge in [-0.1, -0.05) is 0 Å². The van der Waals surface area contributed by atoms with E-state index in [1.807, 2.05) is 0 Å². The van der Waals surface area contributed by atoms with Gasteiger partial charge in [-0.15, -0.1) is 0 Å². The molecule has 22 heavy (non-hydrogen) atoms. The van der Waals surface area contributed by atoms with Gasteiger partial charge in [-0.25, -0.2) is 0 Å². The number of likely N-dealkylation sites (tertiary alicyclic amines) is 2. The molecule has 2 rings (SSSR count). The Morgan fingerprint density at radius 3 is 2.68 bits per heavy atom. The number of carbonyl (C=O) groups excluding carboxylic acids is 2. The summed E-state index contributed by atoms with van der Waals surface area (Å²) in [7, 11) is 1.60. The van der Waals surface area contributed by atoms with Crippen LogP contribution in [0, 0.1) is 5.92 Å². The summed E-state index contributed by atoms with van der Waals surface area (Å²) in [6.45, 7) is 3.39. The monoisotopic (exact) mass is 313 g/mol. The van der Waals surface area contributed by atoms with Gasteiger partial charge in [0.25, 0.3) is 5.91 Å². The lowest BCUT2D eigenvalue weighted by Crippen LogP contribution is -2.59. The highest BCUT2D eigenvalue weighted by Gasteiger charge is 2.43. The molecule has 0 radical (unpaired) electrons. The van der Waals surface area contributed by atoms with Crippen molar-refractivity contribution in [3.8, 4) is 0 Å². The number of methoxy groups -OCH3 is 1. The fourth-order valence-corrected chi connectivity index (χ4v) is 3.37. The molecule has 2 heterocycles. The molecule has 0 aromatic carbocycles. The molecule has 0 saturated carbocycles. The van der Waals surface area contributed by atoms with E-state index in [1.165, 1.54) is 0 Å². The summed E-state index contributed by atoms with van der Waals surface area (Å²) in [6, 6.07) is 0. The van der Waals surface area contributed by atoms with Crippen LogP contribution in [-0.4, -0.2) is 78.8 Å². The van der Waals surface area contributed by atoms with Gasteiger partial charge in [0, 0.05) is 32.7 Å². The molecule has 7 heteroatoms. The maximum absolute atomic E-state index is 12.5. The second-order valence-electron chi connectivity index (χ2n) is 6.37. The van der Waals surface area contributed by atoms with Crippen LogP contribution in [0.15, 0.2) is 0 Å². The highest BCUT2D eigenvalue weighted by Crippen LogP contribution is 2.26. The lowest BCUT2D eigenvalue weighted by atomic mass is 9.89. The third kappa shape index (κ3) is 3.97. The highest BCUT2D eigenvalue weighted by atomic mass is 16.5. The maximum atomic E-state index is 12.5. The van der Waals surface area contributed by atoms with Crippen molar-refractivity contribution in [1.29, 1.82) is 0 Å². The van der Waals surface area contributed by atoms with Gasteiger partial charge in [0.15, 0.2) is 5.60 Å². The smallest absolute Gasteiger partial charge is 0.255 e. The lowest BCUT2D eigenvalue weighted by molar-refractivity contribution is -0.160. The molecule has 0 aromatic heterocycles. The Morgan fingerprint density at radius 2 is 2.09 bits per heavy atom. The van der Waals surface area contributed by atoms with Crippen LogP contribution in [0.3, 0.4) is 0 Å². The summed E-state index contributed by atoms with van der Waals surface area (Å²) in [5.41, 5.74) is 4.02. The van der Waals surface area contributed by atoms with E-state index in [0.29, 0.717) is 58.6 Å². The number of β-amino-alcohol motifs (C(OH)–C–C–N with tert-alkyl or cyclic N) is 1. The first kappa shape index (κ1) is 17.2. The average molecular weight is 313 g/mol. The van der Waals surface area contributed by atoms with Crippen molar-refractivity contribution in [1.82, 2.24) is 9.80 Å². The Bertz CT molecular complexity index is 410. The predicted octanol–water partition coefficient (Wildman–Crippen LogP) is -0.816. The SMILES string of the molecule is COCCN1CCCC(O)(CN2CCC(C(N)=O)CC2)C1=O. The molecule has 2 amide bonds. The van der Waals surface area contributed by atoms with E-state index in [9.17, 15) is 14.7 Å². The number of piperidine rings is 2. The summed E-state index contributed by atoms with van der Waals surface area (Å²) in [6.07, 6.45) is 2.69. The van der Waals surface area contributed by atoms with Crippen LogP contribution < -0.4 is 5.73 Å². The van der Waals surface area contributed by atoms with Crippen LogP contribution in [0.1, 0.15) is 25.7 Å². The number of ether oxygens (including phenoxy) is 1. The van der Waals surface area contributed by atoms with Gasteiger partial charge in [-0.2, -0.15) is 0 Å². The topological polar surface area (TPSA) is 96.1 Å². The quantitative estimate of drug-likeness (QED) is 0.668. The fourth-order valence-electron chi connectivity index (χ4n) is 3.37. The Hall–Kier alpha value is -1.18. The van der Waals surface area contributed by atoms with Gasteiger partial charge >= 0.3 is 0 Å². The van der Waals surface area contributed by atoms with E-state index in [4.69, 9.17) is 10.5 Å². The van der Waals surface area contributed by atoms with E-state index in [-0.39, 0.29) is 17.7 Å². The highest BCUT2D eigenvalue weighted by molar-refractivity contribution is 5.86. The first-order valence-electron chi connectivity index (χ1n) is 7.98. The molecule has 7 nitrogen and oxygen atoms in total. The van der Waals surface area contributed by atoms with Crippen molar-refractivity contribution in [3.63, 3.8) is 0 Å². The van der Waals surface area contributed by atoms with Crippen molar-refractivity contribution in [2.24, 2.45) is 11.7 Å². The molecule has 3 N–H and O–H groups in total. The van der Waals surface area contributed by atoms with Crippen molar-refractivity contribution < 1.29 is 19.4 Å². The first-order chi connectivity index (χ1) is 10.5. The third-order valence-corrected chi connectivity index (χ3v) is 4.74. The minimum Gasteiger partial charge on any atom is -0.383 e. The van der Waals surface area contributed by atoms with Crippen LogP contribution in [0.25, 0.3) is 0 Å². The number of amides is 2. The zero-order valence-electron chi connectivity index (χ0n) is 13.3. The molecular formula is C15H27N3O4. The molecule has 0 aliphatic carbocycles. The fraction of sp³-hybridized carbons (Fsp3) is 0.867. The second-order valence-corrected chi connectivity index (χ2v) is 6.37. The molecule has 0 bridgehead atoms. The molecular weight excluding hydrogens is 286 g/mol. The van der Waals surface area contributed by atoms with Gasteiger partial charge in [0.05, 0.1) is 6.61 Å². The van der Waals surface area contributed by atoms with Gasteiger partial charge in [-0.05, 0) is 38.8 Å². The van der Waals surface area contributed by atoms with Crippen molar-refractivity contribution >= 4 is 11.8 Å². The Kier molecular flexibility index (Phi) is 5.77. The van der Waals surface area contributed by atoms with Crippen LogP contribution in [0.4, 0.5) is 0 Å². The lowest BCUT2D eigenvalue weighted by Gasteiger charge is -2.42. The van der Waals surface area contributed by atoms with Crippen LogP contribution in [-0.2, 0) is 14.3 Å². The average Bonchev–Trinajstić information content (AvgIpc) is 2.49. The van der Waals surface area contributed by atoms with Crippen LogP contribution >= 0.6 is 0 Å². The number of nitrogens with two attached hydrogens (primary N) is 1. The van der Waals surface area contributed by atoms with E-state index >= 15 is 0 Å². The minimum absolute atomic E-state index is 0.0776. The molecule has 1 atom stereocenters. The first-order valence-corrected chi connectivity index (χ1v) is 7.98. The van der Waals surface area contributed by atoms with Crippen LogP contribution in [0.2, 0.25) is 0 Å². The molecule has 126 valence electrons. The second kappa shape index (κ2) is 7.39. The normalized spacial score (nSPS) is 28.1. The number of nitrogens with zero attached hydrogens (tertiary/aromatic N) is 2. The standard InChI is InChI=1S/C15H27N3O4/c1-22-10-9-18-6-2-5-15(21,14(18)20)11-17-7-3-12(4-8-17)13(16)19/h12,21H,2-11H2,1H3,(H2,16,19). The largest absolute Gasteiger partial charge is 0.383 e. The Labute approximate surface area is 131 Å². The van der Waals surface area contributed by atoms with Crippen molar-refractivity contribution in [2.45, 2.75) is 31.3 Å². The van der Waals surface area contributed by atoms with Crippen molar-refractivity contribution in [3.05, 3.63) is 0 Å². The Balaban J connectivity index is 1.90. The summed E-state index contributed by atoms with van der Waals surface area (Å²) >= 11 is 0. The van der Waals surface area contributed by atoms with E-state index in [2.05, 4.69) is 4.90 Å². The van der Waals surface area contributed by atoms with Crippen LogP contribution in [0.5, 0.6) is 0 Å². The molecule has 0 aromatic rings. The number of rotatable bonds is 6. The maximum Gasteiger partial charge on any atom is 0.255 e. The van der Waals surface area contributed by atoms with Gasteiger partial charge in [0.1, 0.15) is 0 Å². The van der Waals surface area contributed by atoms with E-state index in [1.54, 1.807) is 12.0 Å². The van der Waals surface area contributed by atoms with E-state index in [0.717, 1.165) is 6.42 Å². The van der Waals surface area contributed by atoms with E-state index < -0.39 is 5.60 Å². The third-order valence-electron chi connectivity index (χ3n) is 4.74. The van der Waals surface area contributed by atoms with Gasteiger partial charge in [-0.3, -0.25) is 14.5 Å². The predicted molar refractivity (Wildman–Crippen MR) is 81.0 cm³/mol. The van der Waals surface area contributed by atoms with Gasteiger partial charge in [0.2, 0.25) is 5.91 Å².